The average Bonchev–Trinajstić information content (AvgIpc) is 2.95. The Balaban J connectivity index is 1.87. The first kappa shape index (κ1) is 18.4. The number of hydrogen-bond donors (Lipinski definition) is 2. The molecule has 142 valence electrons. The van der Waals surface area contributed by atoms with Crippen molar-refractivity contribution in [3.63, 3.8) is 0 Å². The SMILES string of the molecule is COCC[S+]([O-])c1sc2nc(-c3cn[nH]c(=O)c3)cc(C3CCC3)c2c1N. The highest BCUT2D eigenvalue weighted by atomic mass is 32.2. The van der Waals surface area contributed by atoms with Crippen LogP contribution in [0.3, 0.4) is 0 Å². The van der Waals surface area contributed by atoms with Crippen molar-refractivity contribution in [2.45, 2.75) is 29.4 Å². The number of aromatic nitrogens is 3. The lowest BCUT2D eigenvalue weighted by Crippen LogP contribution is -2.12. The minimum absolute atomic E-state index is 0.272. The number of fused-ring (bicyclic) bond motifs is 1. The van der Waals surface area contributed by atoms with Crippen LogP contribution in [0.5, 0.6) is 0 Å². The van der Waals surface area contributed by atoms with Gasteiger partial charge in [0.1, 0.15) is 16.3 Å². The standard InChI is InChI=1S/C18H20N4O3S2/c1-25-5-6-27(24)18-16(19)15-12(10-3-2-4-10)8-13(21-17(15)26-18)11-7-14(23)22-20-9-11/h7-10H,2-6,19H2,1H3,(H,22,23). The Bertz CT molecular complexity index is 1030. The van der Waals surface area contributed by atoms with Crippen LogP contribution in [0.15, 0.2) is 27.3 Å². The van der Waals surface area contributed by atoms with E-state index in [1.54, 1.807) is 13.3 Å². The van der Waals surface area contributed by atoms with Crippen molar-refractivity contribution in [2.75, 3.05) is 25.2 Å². The molecule has 0 aliphatic heterocycles. The van der Waals surface area contributed by atoms with E-state index in [0.29, 0.717) is 39.4 Å². The third kappa shape index (κ3) is 3.47. The molecule has 0 spiro atoms. The van der Waals surface area contributed by atoms with Crippen molar-refractivity contribution >= 4 is 38.4 Å². The summed E-state index contributed by atoms with van der Waals surface area (Å²) < 4.78 is 18.3. The number of nitrogens with zero attached hydrogens (tertiary/aromatic N) is 2. The van der Waals surface area contributed by atoms with Crippen LogP contribution < -0.4 is 11.3 Å². The number of anilines is 1. The van der Waals surface area contributed by atoms with Crippen LogP contribution in [0.4, 0.5) is 5.69 Å². The van der Waals surface area contributed by atoms with E-state index in [1.807, 2.05) is 6.07 Å². The molecular formula is C18H20N4O3S2. The van der Waals surface area contributed by atoms with Crippen molar-refractivity contribution in [1.82, 2.24) is 15.2 Å². The Labute approximate surface area is 163 Å². The molecule has 0 amide bonds. The van der Waals surface area contributed by atoms with Gasteiger partial charge in [-0.1, -0.05) is 17.8 Å². The van der Waals surface area contributed by atoms with Crippen LogP contribution in [0.1, 0.15) is 30.7 Å². The molecule has 3 N–H and O–H groups in total. The highest BCUT2D eigenvalue weighted by Gasteiger charge is 2.29. The van der Waals surface area contributed by atoms with E-state index in [0.717, 1.165) is 28.6 Å². The highest BCUT2D eigenvalue weighted by molar-refractivity contribution is 7.93. The van der Waals surface area contributed by atoms with Gasteiger partial charge in [-0.2, -0.15) is 5.10 Å². The monoisotopic (exact) mass is 404 g/mol. The number of ether oxygens (including phenoxy) is 1. The molecule has 1 unspecified atom stereocenters. The fourth-order valence-corrected chi connectivity index (χ4v) is 5.83. The average molecular weight is 405 g/mol. The van der Waals surface area contributed by atoms with Gasteiger partial charge in [0, 0.05) is 35.3 Å². The van der Waals surface area contributed by atoms with E-state index in [-0.39, 0.29) is 5.56 Å². The van der Waals surface area contributed by atoms with Crippen molar-refractivity contribution in [3.8, 4) is 11.3 Å². The first-order valence-corrected chi connectivity index (χ1v) is 10.9. The molecule has 0 radical (unpaired) electrons. The number of hydrogen-bond acceptors (Lipinski definition) is 7. The zero-order valence-electron chi connectivity index (χ0n) is 14.9. The number of aromatic amines is 1. The van der Waals surface area contributed by atoms with Crippen LogP contribution in [0, 0.1) is 0 Å². The summed E-state index contributed by atoms with van der Waals surface area (Å²) in [5, 5.41) is 7.17. The van der Waals surface area contributed by atoms with Gasteiger partial charge in [-0.25, -0.2) is 10.1 Å². The fraction of sp³-hybridized carbons (Fsp3) is 0.389. The summed E-state index contributed by atoms with van der Waals surface area (Å²) in [5.74, 6) is 0.818. The molecule has 9 heteroatoms. The maximum Gasteiger partial charge on any atom is 0.264 e. The van der Waals surface area contributed by atoms with Gasteiger partial charge in [-0.05, 0) is 30.4 Å². The normalized spacial score (nSPS) is 15.8. The summed E-state index contributed by atoms with van der Waals surface area (Å²) in [7, 11) is 1.59. The largest absolute Gasteiger partial charge is 0.611 e. The van der Waals surface area contributed by atoms with Crippen molar-refractivity contribution in [3.05, 3.63) is 34.2 Å². The van der Waals surface area contributed by atoms with Gasteiger partial charge in [0.15, 0.2) is 0 Å². The van der Waals surface area contributed by atoms with Gasteiger partial charge in [0.2, 0.25) is 4.21 Å². The number of pyridine rings is 1. The Kier molecular flexibility index (Phi) is 5.18. The topological polar surface area (TPSA) is 117 Å². The van der Waals surface area contributed by atoms with Crippen molar-refractivity contribution < 1.29 is 9.29 Å². The fourth-order valence-electron chi connectivity index (χ4n) is 3.26. The summed E-state index contributed by atoms with van der Waals surface area (Å²) in [6.07, 6.45) is 4.98. The Morgan fingerprint density at radius 3 is 2.93 bits per heavy atom. The summed E-state index contributed by atoms with van der Waals surface area (Å²) in [5.41, 5.74) is 9.19. The molecule has 1 aliphatic carbocycles. The van der Waals surface area contributed by atoms with E-state index in [9.17, 15) is 9.35 Å². The van der Waals surface area contributed by atoms with Gasteiger partial charge >= 0.3 is 0 Å². The van der Waals surface area contributed by atoms with E-state index in [1.165, 1.54) is 23.8 Å². The quantitative estimate of drug-likeness (QED) is 0.610. The number of nitrogens with two attached hydrogens (primary N) is 1. The third-order valence-electron chi connectivity index (χ3n) is 4.88. The molecule has 3 aromatic rings. The molecule has 7 nitrogen and oxygen atoms in total. The third-order valence-corrected chi connectivity index (χ3v) is 7.75. The maximum absolute atomic E-state index is 12.6. The lowest BCUT2D eigenvalue weighted by molar-refractivity contribution is 0.217. The van der Waals surface area contributed by atoms with Crippen LogP contribution >= 0.6 is 11.3 Å². The first-order chi connectivity index (χ1) is 13.1. The molecule has 3 heterocycles. The Morgan fingerprint density at radius 2 is 2.26 bits per heavy atom. The predicted molar refractivity (Wildman–Crippen MR) is 108 cm³/mol. The van der Waals surface area contributed by atoms with Gasteiger partial charge in [0.25, 0.3) is 5.56 Å². The molecule has 3 aromatic heterocycles. The van der Waals surface area contributed by atoms with E-state index in [4.69, 9.17) is 15.5 Å². The first-order valence-electron chi connectivity index (χ1n) is 8.74. The van der Waals surface area contributed by atoms with Gasteiger partial charge in [-0.15, -0.1) is 0 Å². The molecule has 27 heavy (non-hydrogen) atoms. The molecule has 0 saturated heterocycles. The van der Waals surface area contributed by atoms with Crippen molar-refractivity contribution in [1.29, 1.82) is 0 Å². The summed E-state index contributed by atoms with van der Waals surface area (Å²) >= 11 is 0.137. The Morgan fingerprint density at radius 1 is 1.44 bits per heavy atom. The summed E-state index contributed by atoms with van der Waals surface area (Å²) in [4.78, 5) is 17.1. The second-order valence-electron chi connectivity index (χ2n) is 6.58. The lowest BCUT2D eigenvalue weighted by Gasteiger charge is -2.27. The van der Waals surface area contributed by atoms with Gasteiger partial charge in [0.05, 0.1) is 18.5 Å². The zero-order chi connectivity index (χ0) is 19.0. The number of methoxy groups -OCH3 is 1. The predicted octanol–water partition coefficient (Wildman–Crippen LogP) is 2.65. The van der Waals surface area contributed by atoms with Crippen LogP contribution in [0.2, 0.25) is 0 Å². The minimum Gasteiger partial charge on any atom is -0.611 e. The van der Waals surface area contributed by atoms with E-state index < -0.39 is 11.2 Å². The summed E-state index contributed by atoms with van der Waals surface area (Å²) in [6, 6.07) is 3.49. The number of nitrogen functional groups attached to an aromatic ring is 1. The van der Waals surface area contributed by atoms with Crippen LogP contribution in [0.25, 0.3) is 21.5 Å². The highest BCUT2D eigenvalue weighted by Crippen LogP contribution is 2.46. The molecule has 1 aliphatic rings. The van der Waals surface area contributed by atoms with E-state index in [2.05, 4.69) is 10.2 Å². The molecule has 1 atom stereocenters. The molecule has 1 fully saturated rings. The van der Waals surface area contributed by atoms with Gasteiger partial charge in [-0.3, -0.25) is 4.79 Å². The van der Waals surface area contributed by atoms with Crippen LogP contribution in [-0.4, -0.2) is 39.2 Å². The Hall–Kier alpha value is -1.94. The number of nitrogens with one attached hydrogen (secondary N) is 1. The lowest BCUT2D eigenvalue weighted by atomic mass is 9.79. The minimum atomic E-state index is -1.23. The molecule has 0 aromatic carbocycles. The second-order valence-corrected chi connectivity index (χ2v) is 9.35. The molecule has 0 bridgehead atoms. The molecular weight excluding hydrogens is 384 g/mol. The van der Waals surface area contributed by atoms with Gasteiger partial charge < -0.3 is 15.0 Å². The smallest absolute Gasteiger partial charge is 0.264 e. The number of thiophene rings is 1. The maximum atomic E-state index is 12.6. The van der Waals surface area contributed by atoms with Crippen LogP contribution in [-0.2, 0) is 15.9 Å². The van der Waals surface area contributed by atoms with Crippen molar-refractivity contribution in [2.24, 2.45) is 0 Å². The molecule has 1 saturated carbocycles. The number of H-pyrrole nitrogens is 1. The zero-order valence-corrected chi connectivity index (χ0v) is 16.5. The second kappa shape index (κ2) is 7.59. The summed E-state index contributed by atoms with van der Waals surface area (Å²) in [6.45, 7) is 0.410. The van der Waals surface area contributed by atoms with E-state index >= 15 is 0 Å². The number of rotatable bonds is 6. The molecule has 4 rings (SSSR count).